The first-order valence-corrected chi connectivity index (χ1v) is 12.8. The Hall–Kier alpha value is 0.0700. The van der Waals surface area contributed by atoms with Crippen molar-refractivity contribution in [1.82, 2.24) is 0 Å². The number of hydrogen-bond acceptors (Lipinski definition) is 8. The molecule has 114 valence electrons. The molecule has 23 heavy (non-hydrogen) atoms. The predicted molar refractivity (Wildman–Crippen MR) is 112 cm³/mol. The quantitative estimate of drug-likeness (QED) is 0.251. The Balaban J connectivity index is 1.75. The smallest absolute Gasteiger partial charge is 0.143 e. The molecule has 4 aromatic rings. The third-order valence-electron chi connectivity index (χ3n) is 3.22. The van der Waals surface area contributed by atoms with Crippen LogP contribution >= 0.6 is 92.4 Å². The van der Waals surface area contributed by atoms with Crippen molar-refractivity contribution in [2.45, 2.75) is 18.2 Å². The molecular formula is C15H6S8. The molecule has 0 N–H and O–H groups in total. The van der Waals surface area contributed by atoms with Crippen molar-refractivity contribution in [1.29, 1.82) is 0 Å². The SMILES string of the molecule is S=c1sc2c(s1)Sc1c(-c3cccs3)sc(-c3cccs3)c1S2. The second-order valence-corrected chi connectivity index (χ2v) is 13.3. The molecule has 0 fully saturated rings. The van der Waals surface area contributed by atoms with Crippen molar-refractivity contribution in [3.05, 3.63) is 38.2 Å². The van der Waals surface area contributed by atoms with Gasteiger partial charge in [-0.05, 0) is 22.9 Å². The van der Waals surface area contributed by atoms with Crippen LogP contribution in [0.2, 0.25) is 0 Å². The van der Waals surface area contributed by atoms with Gasteiger partial charge in [0.2, 0.25) is 0 Å². The summed E-state index contributed by atoms with van der Waals surface area (Å²) in [6, 6.07) is 8.73. The van der Waals surface area contributed by atoms with E-state index in [4.69, 9.17) is 12.2 Å². The standard InChI is InChI=1S/C15H6S8/c16-15-22-13-14(23-15)21-12-10(8-4-2-6-18-8)19-9(11(12)20-13)7-3-1-5-17-7/h1-6H. The van der Waals surface area contributed by atoms with E-state index < -0.39 is 0 Å². The second kappa shape index (κ2) is 6.10. The molecule has 0 atom stereocenters. The number of rotatable bonds is 2. The van der Waals surface area contributed by atoms with Gasteiger partial charge in [0, 0.05) is 19.5 Å². The lowest BCUT2D eigenvalue weighted by atomic mass is 10.3. The van der Waals surface area contributed by atoms with E-state index in [1.807, 2.05) is 57.5 Å². The zero-order valence-corrected chi connectivity index (χ0v) is 17.8. The average molecular weight is 443 g/mol. The van der Waals surface area contributed by atoms with Gasteiger partial charge in [0.15, 0.2) is 0 Å². The van der Waals surface area contributed by atoms with Gasteiger partial charge in [-0.15, -0.1) is 56.7 Å². The van der Waals surface area contributed by atoms with Crippen molar-refractivity contribution in [2.75, 3.05) is 0 Å². The maximum atomic E-state index is 5.41. The van der Waals surface area contributed by atoms with Gasteiger partial charge in [-0.2, -0.15) is 0 Å². The molecule has 1 aliphatic rings. The zero-order valence-electron chi connectivity index (χ0n) is 11.2. The lowest BCUT2D eigenvalue weighted by molar-refractivity contribution is 1.30. The van der Waals surface area contributed by atoms with E-state index in [9.17, 15) is 0 Å². The van der Waals surface area contributed by atoms with Crippen LogP contribution in [0.5, 0.6) is 0 Å². The predicted octanol–water partition coefficient (Wildman–Crippen LogP) is 8.67. The Kier molecular flexibility index (Phi) is 4.07. The van der Waals surface area contributed by atoms with Crippen molar-refractivity contribution >= 4 is 92.4 Å². The summed E-state index contributed by atoms with van der Waals surface area (Å²) in [5, 5.41) is 4.32. The van der Waals surface area contributed by atoms with Crippen LogP contribution in [-0.2, 0) is 0 Å². The minimum absolute atomic E-state index is 1.03. The largest absolute Gasteiger partial charge is 0.145 e. The fourth-order valence-electron chi connectivity index (χ4n) is 2.29. The van der Waals surface area contributed by atoms with E-state index >= 15 is 0 Å². The Morgan fingerprint density at radius 2 is 1.22 bits per heavy atom. The summed E-state index contributed by atoms with van der Waals surface area (Å²) in [5.74, 6) is 0. The molecule has 4 aromatic heterocycles. The molecule has 0 unspecified atom stereocenters. The molecule has 0 spiro atoms. The second-order valence-electron chi connectivity index (χ2n) is 4.61. The highest BCUT2D eigenvalue weighted by atomic mass is 32.2. The van der Waals surface area contributed by atoms with Crippen LogP contribution in [0.15, 0.2) is 53.2 Å². The highest BCUT2D eigenvalue weighted by Crippen LogP contribution is 2.62. The molecule has 0 aromatic carbocycles. The van der Waals surface area contributed by atoms with E-state index in [1.165, 1.54) is 37.7 Å². The van der Waals surface area contributed by atoms with Gasteiger partial charge < -0.3 is 0 Å². The summed E-state index contributed by atoms with van der Waals surface area (Å²) in [5.41, 5.74) is 0. The molecular weight excluding hydrogens is 437 g/mol. The highest BCUT2D eigenvalue weighted by Gasteiger charge is 2.29. The summed E-state index contributed by atoms with van der Waals surface area (Å²) < 4.78 is 3.76. The molecule has 5 heterocycles. The third kappa shape index (κ3) is 2.64. The van der Waals surface area contributed by atoms with Gasteiger partial charge in [0.05, 0.1) is 18.2 Å². The molecule has 0 amide bonds. The number of thiophene rings is 3. The Morgan fingerprint density at radius 3 is 1.65 bits per heavy atom. The van der Waals surface area contributed by atoms with E-state index in [1.54, 1.807) is 22.7 Å². The lowest BCUT2D eigenvalue weighted by Crippen LogP contribution is -1.82. The van der Waals surface area contributed by atoms with Crippen molar-refractivity contribution in [2.24, 2.45) is 0 Å². The first-order chi connectivity index (χ1) is 11.3. The van der Waals surface area contributed by atoms with Crippen molar-refractivity contribution in [3.63, 3.8) is 0 Å². The van der Waals surface area contributed by atoms with Crippen LogP contribution in [0.4, 0.5) is 0 Å². The molecule has 0 aliphatic carbocycles. The van der Waals surface area contributed by atoms with Crippen molar-refractivity contribution < 1.29 is 0 Å². The van der Waals surface area contributed by atoms with E-state index in [0.717, 1.165) is 3.14 Å². The van der Waals surface area contributed by atoms with Gasteiger partial charge in [-0.25, -0.2) is 0 Å². The first kappa shape index (κ1) is 15.3. The molecule has 0 saturated carbocycles. The first-order valence-electron chi connectivity index (χ1n) is 6.54. The fraction of sp³-hybridized carbons (Fsp3) is 0. The van der Waals surface area contributed by atoms with Gasteiger partial charge >= 0.3 is 0 Å². The van der Waals surface area contributed by atoms with Crippen LogP contribution < -0.4 is 0 Å². The van der Waals surface area contributed by atoms with Gasteiger partial charge in [0.1, 0.15) is 3.14 Å². The summed E-state index contributed by atoms with van der Waals surface area (Å²) in [6.45, 7) is 0. The molecule has 8 heteroatoms. The fourth-order valence-corrected chi connectivity index (χ4v) is 12.0. The number of fused-ring (bicyclic) bond motifs is 2. The van der Waals surface area contributed by atoms with Crippen molar-refractivity contribution in [3.8, 4) is 19.5 Å². The summed E-state index contributed by atoms with van der Waals surface area (Å²) in [7, 11) is 0. The van der Waals surface area contributed by atoms with Crippen LogP contribution in [0.25, 0.3) is 19.5 Å². The van der Waals surface area contributed by atoms with E-state index in [0.29, 0.717) is 0 Å². The monoisotopic (exact) mass is 442 g/mol. The Morgan fingerprint density at radius 1 is 0.696 bits per heavy atom. The minimum Gasteiger partial charge on any atom is -0.143 e. The van der Waals surface area contributed by atoms with Crippen LogP contribution in [0, 0.1) is 3.14 Å². The lowest BCUT2D eigenvalue weighted by Gasteiger charge is -2.12. The highest BCUT2D eigenvalue weighted by molar-refractivity contribution is 8.08. The molecule has 0 radical (unpaired) electrons. The normalized spacial score (nSPS) is 13.0. The average Bonchev–Trinajstić information content (AvgIpc) is 3.30. The summed E-state index contributed by atoms with van der Waals surface area (Å²) >= 11 is 18.3. The molecule has 0 bridgehead atoms. The molecule has 5 rings (SSSR count). The molecule has 0 nitrogen and oxygen atoms in total. The Labute approximate surface area is 166 Å². The number of hydrogen-bond donors (Lipinski definition) is 0. The zero-order chi connectivity index (χ0) is 15.4. The maximum Gasteiger partial charge on any atom is 0.145 e. The molecule has 1 aliphatic heterocycles. The third-order valence-corrected chi connectivity index (χ3v) is 12.5. The minimum atomic E-state index is 1.03. The maximum absolute atomic E-state index is 5.41. The van der Waals surface area contributed by atoms with Crippen LogP contribution in [-0.4, -0.2) is 0 Å². The van der Waals surface area contributed by atoms with Gasteiger partial charge in [-0.1, -0.05) is 47.9 Å². The van der Waals surface area contributed by atoms with Gasteiger partial charge in [-0.3, -0.25) is 0 Å². The molecule has 0 saturated heterocycles. The summed E-state index contributed by atoms with van der Waals surface area (Å²) in [4.78, 5) is 8.38. The topological polar surface area (TPSA) is 0 Å². The van der Waals surface area contributed by atoms with E-state index in [2.05, 4.69) is 35.0 Å². The van der Waals surface area contributed by atoms with E-state index in [-0.39, 0.29) is 0 Å². The van der Waals surface area contributed by atoms with Crippen LogP contribution in [0.3, 0.4) is 0 Å². The Bertz CT molecular complexity index is 947. The van der Waals surface area contributed by atoms with Gasteiger partial charge in [0.25, 0.3) is 0 Å². The van der Waals surface area contributed by atoms with Crippen LogP contribution in [0.1, 0.15) is 0 Å². The summed E-state index contributed by atoms with van der Waals surface area (Å²) in [6.07, 6.45) is 0.